The predicted molar refractivity (Wildman–Crippen MR) is 117 cm³/mol. The molecule has 31 heavy (non-hydrogen) atoms. The van der Waals surface area contributed by atoms with Crippen molar-refractivity contribution in [2.45, 2.75) is 25.3 Å². The van der Waals surface area contributed by atoms with Crippen LogP contribution in [0.4, 0.5) is 17.3 Å². The lowest BCUT2D eigenvalue weighted by molar-refractivity contribution is -0.124. The highest BCUT2D eigenvalue weighted by atomic mass is 35.5. The van der Waals surface area contributed by atoms with E-state index in [-0.39, 0.29) is 12.3 Å². The van der Waals surface area contributed by atoms with Crippen LogP contribution in [-0.2, 0) is 9.59 Å². The van der Waals surface area contributed by atoms with Gasteiger partial charge in [-0.3, -0.25) is 14.9 Å². The first-order valence-corrected chi connectivity index (χ1v) is 10.2. The maximum atomic E-state index is 12.0. The number of imide groups is 1. The number of fused-ring (bicyclic) bond motifs is 1. The lowest BCUT2D eigenvalue weighted by Gasteiger charge is -2.14. The van der Waals surface area contributed by atoms with Gasteiger partial charge in [0.05, 0.1) is 25.4 Å². The van der Waals surface area contributed by atoms with Gasteiger partial charge < -0.3 is 15.4 Å². The Kier molecular flexibility index (Phi) is 4.74. The number of aromatic nitrogens is 3. The van der Waals surface area contributed by atoms with E-state index in [9.17, 15) is 9.59 Å². The summed E-state index contributed by atoms with van der Waals surface area (Å²) in [7, 11) is 1.58. The molecule has 5 rings (SSSR count). The van der Waals surface area contributed by atoms with Crippen LogP contribution in [0.2, 0.25) is 5.02 Å². The van der Waals surface area contributed by atoms with Crippen molar-refractivity contribution in [1.82, 2.24) is 19.9 Å². The summed E-state index contributed by atoms with van der Waals surface area (Å²) in [6.07, 6.45) is 5.51. The fourth-order valence-corrected chi connectivity index (χ4v) is 3.58. The molecule has 2 fully saturated rings. The van der Waals surface area contributed by atoms with Gasteiger partial charge in [0.25, 0.3) is 5.91 Å². The van der Waals surface area contributed by atoms with Crippen LogP contribution in [0.5, 0.6) is 5.75 Å². The van der Waals surface area contributed by atoms with E-state index >= 15 is 0 Å². The topological polar surface area (TPSA) is 110 Å². The molecule has 9 nitrogen and oxygen atoms in total. The average molecular weight is 439 g/mol. The molecule has 3 heterocycles. The SMILES string of the molecule is COc1ccc(Cl)cc1Nc1cc(NC2CC2)n2ncc(/C=C3\CC(=O)NC3=O)c2n1. The standard InChI is InChI=1S/C21H19ClN6O3/c1-31-16-5-2-13(22)8-15(16)25-17-9-18(24-14-3-4-14)28-20(26-17)12(10-23-28)6-11-7-19(29)27-21(11)30/h2,5-6,8-10,14,24H,3-4,7H2,1H3,(H,25,26)(H,27,29,30)/b11-6+. The Hall–Kier alpha value is -3.59. The summed E-state index contributed by atoms with van der Waals surface area (Å²) in [4.78, 5) is 28.2. The lowest BCUT2D eigenvalue weighted by Crippen LogP contribution is -2.19. The quantitative estimate of drug-likeness (QED) is 0.400. The van der Waals surface area contributed by atoms with E-state index in [0.717, 1.165) is 18.7 Å². The molecule has 0 bridgehead atoms. The molecule has 1 saturated carbocycles. The molecule has 2 amide bonds. The minimum absolute atomic E-state index is 0.0427. The van der Waals surface area contributed by atoms with Crippen molar-refractivity contribution in [2.24, 2.45) is 0 Å². The van der Waals surface area contributed by atoms with Gasteiger partial charge in [0.2, 0.25) is 5.91 Å². The number of hydrogen-bond acceptors (Lipinski definition) is 7. The Bertz CT molecular complexity index is 1250. The van der Waals surface area contributed by atoms with Gasteiger partial charge >= 0.3 is 0 Å². The van der Waals surface area contributed by atoms with Crippen molar-refractivity contribution >= 4 is 52.5 Å². The lowest BCUT2D eigenvalue weighted by atomic mass is 10.1. The summed E-state index contributed by atoms with van der Waals surface area (Å²) in [5, 5.41) is 14.0. The highest BCUT2D eigenvalue weighted by molar-refractivity contribution is 6.31. The van der Waals surface area contributed by atoms with Gasteiger partial charge in [0, 0.05) is 28.3 Å². The van der Waals surface area contributed by atoms with Crippen LogP contribution in [-0.4, -0.2) is 39.6 Å². The van der Waals surface area contributed by atoms with Gasteiger partial charge in [-0.15, -0.1) is 0 Å². The third kappa shape index (κ3) is 3.91. The van der Waals surface area contributed by atoms with E-state index in [1.807, 2.05) is 6.07 Å². The molecule has 2 aliphatic rings. The molecule has 158 valence electrons. The first kappa shape index (κ1) is 19.4. The van der Waals surface area contributed by atoms with E-state index in [2.05, 4.69) is 21.0 Å². The highest BCUT2D eigenvalue weighted by Crippen LogP contribution is 2.32. The number of nitrogens with zero attached hydrogens (tertiary/aromatic N) is 3. The summed E-state index contributed by atoms with van der Waals surface area (Å²) in [6, 6.07) is 7.53. The summed E-state index contributed by atoms with van der Waals surface area (Å²) < 4.78 is 7.11. The van der Waals surface area contributed by atoms with Gasteiger partial charge in [-0.1, -0.05) is 11.6 Å². The summed E-state index contributed by atoms with van der Waals surface area (Å²) in [6.45, 7) is 0. The molecule has 10 heteroatoms. The molecule has 0 spiro atoms. The number of nitrogens with one attached hydrogen (secondary N) is 3. The van der Waals surface area contributed by atoms with Gasteiger partial charge in [0.15, 0.2) is 5.65 Å². The number of amides is 2. The minimum atomic E-state index is -0.390. The number of rotatable bonds is 6. The Morgan fingerprint density at radius 3 is 2.84 bits per heavy atom. The van der Waals surface area contributed by atoms with Gasteiger partial charge in [-0.25, -0.2) is 4.98 Å². The average Bonchev–Trinajstić information content (AvgIpc) is 3.37. The van der Waals surface area contributed by atoms with Gasteiger partial charge in [-0.2, -0.15) is 9.61 Å². The van der Waals surface area contributed by atoms with Gasteiger partial charge in [-0.05, 0) is 37.1 Å². The molecule has 3 N–H and O–H groups in total. The first-order valence-electron chi connectivity index (χ1n) is 9.81. The third-order valence-corrected chi connectivity index (χ3v) is 5.31. The van der Waals surface area contributed by atoms with E-state index in [4.69, 9.17) is 21.3 Å². The minimum Gasteiger partial charge on any atom is -0.495 e. The second kappa shape index (κ2) is 7.59. The fourth-order valence-electron chi connectivity index (χ4n) is 3.41. The fraction of sp³-hybridized carbons (Fsp3) is 0.238. The van der Waals surface area contributed by atoms with Crippen LogP contribution in [0.15, 0.2) is 36.0 Å². The monoisotopic (exact) mass is 438 g/mol. The molecule has 0 atom stereocenters. The van der Waals surface area contributed by atoms with E-state index in [0.29, 0.717) is 45.1 Å². The zero-order valence-electron chi connectivity index (χ0n) is 16.6. The Morgan fingerprint density at radius 1 is 1.29 bits per heavy atom. The second-order valence-electron chi connectivity index (χ2n) is 7.47. The van der Waals surface area contributed by atoms with Crippen LogP contribution >= 0.6 is 11.6 Å². The zero-order chi connectivity index (χ0) is 21.5. The van der Waals surface area contributed by atoms with Crippen molar-refractivity contribution in [3.05, 3.63) is 46.6 Å². The van der Waals surface area contributed by atoms with E-state index in [1.165, 1.54) is 0 Å². The third-order valence-electron chi connectivity index (χ3n) is 5.08. The second-order valence-corrected chi connectivity index (χ2v) is 7.91. The maximum absolute atomic E-state index is 12.0. The first-order chi connectivity index (χ1) is 15.0. The molecule has 0 radical (unpaired) electrons. The smallest absolute Gasteiger partial charge is 0.254 e. The Labute approximate surface area is 182 Å². The number of carbonyl (C=O) groups is 2. The summed E-state index contributed by atoms with van der Waals surface area (Å²) in [5.41, 5.74) is 2.24. The molecule has 1 aromatic carbocycles. The number of carbonyl (C=O) groups excluding carboxylic acids is 2. The molecule has 1 aliphatic heterocycles. The predicted octanol–water partition coefficient (Wildman–Crippen LogP) is 3.14. The van der Waals surface area contributed by atoms with Crippen molar-refractivity contribution in [3.8, 4) is 5.75 Å². The number of ether oxygens (including phenoxy) is 1. The van der Waals surface area contributed by atoms with Crippen molar-refractivity contribution in [1.29, 1.82) is 0 Å². The molecule has 1 aliphatic carbocycles. The summed E-state index contributed by atoms with van der Waals surface area (Å²) in [5.74, 6) is 1.25. The van der Waals surface area contributed by atoms with Gasteiger partial charge in [0.1, 0.15) is 17.4 Å². The van der Waals surface area contributed by atoms with Crippen molar-refractivity contribution < 1.29 is 14.3 Å². The number of methoxy groups -OCH3 is 1. The maximum Gasteiger partial charge on any atom is 0.254 e. The molecule has 1 saturated heterocycles. The van der Waals surface area contributed by atoms with Crippen LogP contribution in [0.25, 0.3) is 11.7 Å². The largest absolute Gasteiger partial charge is 0.495 e. The van der Waals surface area contributed by atoms with Crippen LogP contribution in [0.3, 0.4) is 0 Å². The molecular formula is C21H19ClN6O3. The Balaban J connectivity index is 1.59. The van der Waals surface area contributed by atoms with E-state index in [1.54, 1.807) is 42.1 Å². The van der Waals surface area contributed by atoms with Crippen LogP contribution in [0.1, 0.15) is 24.8 Å². The number of anilines is 3. The normalized spacial score (nSPS) is 17.3. The number of halogens is 1. The van der Waals surface area contributed by atoms with Crippen LogP contribution in [0, 0.1) is 0 Å². The molecular weight excluding hydrogens is 420 g/mol. The number of benzene rings is 1. The molecule has 0 unspecified atom stereocenters. The highest BCUT2D eigenvalue weighted by Gasteiger charge is 2.26. The molecule has 3 aromatic rings. The summed E-state index contributed by atoms with van der Waals surface area (Å²) >= 11 is 6.16. The molecule has 2 aromatic heterocycles. The number of hydrogen-bond donors (Lipinski definition) is 3. The van der Waals surface area contributed by atoms with Crippen molar-refractivity contribution in [3.63, 3.8) is 0 Å². The van der Waals surface area contributed by atoms with Crippen molar-refractivity contribution in [2.75, 3.05) is 17.7 Å². The van der Waals surface area contributed by atoms with Crippen LogP contribution < -0.4 is 20.7 Å². The Morgan fingerprint density at radius 2 is 2.13 bits per heavy atom. The zero-order valence-corrected chi connectivity index (χ0v) is 17.4. The van der Waals surface area contributed by atoms with E-state index < -0.39 is 5.91 Å².